The van der Waals surface area contributed by atoms with Crippen LogP contribution in [0.15, 0.2) is 12.2 Å². The van der Waals surface area contributed by atoms with Crippen LogP contribution in [0.3, 0.4) is 0 Å². The summed E-state index contributed by atoms with van der Waals surface area (Å²) in [5.41, 5.74) is 0. The molecule has 0 amide bonds. The van der Waals surface area contributed by atoms with E-state index in [0.29, 0.717) is 0 Å². The molecule has 0 heterocycles. The summed E-state index contributed by atoms with van der Waals surface area (Å²) in [6, 6.07) is 0. The van der Waals surface area contributed by atoms with Crippen LogP contribution >= 0.6 is 0 Å². The first-order valence-electron chi connectivity index (χ1n) is 4.83. The summed E-state index contributed by atoms with van der Waals surface area (Å²) in [6.07, 6.45) is 8.54. The zero-order valence-electron chi connectivity index (χ0n) is 8.43. The summed E-state index contributed by atoms with van der Waals surface area (Å²) in [7, 11) is 0. The quantitative estimate of drug-likeness (QED) is 0.524. The lowest BCUT2D eigenvalue weighted by Crippen LogP contribution is -2.00. The number of hydrogen-bond donors (Lipinski definition) is 0. The van der Waals surface area contributed by atoms with Crippen LogP contribution in [0.25, 0.3) is 0 Å². The SMILES string of the molecule is C/C=C/[C@@H](CCC)CC(C)C. The van der Waals surface area contributed by atoms with Crippen molar-refractivity contribution in [1.82, 2.24) is 0 Å². The molecule has 0 radical (unpaired) electrons. The largest absolute Gasteiger partial charge is 0.0914 e. The molecule has 0 N–H and O–H groups in total. The van der Waals surface area contributed by atoms with E-state index in [1.807, 2.05) is 0 Å². The van der Waals surface area contributed by atoms with E-state index in [1.54, 1.807) is 0 Å². The number of hydrogen-bond acceptors (Lipinski definition) is 0. The number of rotatable bonds is 5. The molecular formula is C11H22. The second-order valence-electron chi connectivity index (χ2n) is 3.70. The smallest absolute Gasteiger partial charge is 0.0231 e. The Kier molecular flexibility index (Phi) is 6.30. The van der Waals surface area contributed by atoms with Crippen molar-refractivity contribution in [3.05, 3.63) is 12.2 Å². The molecule has 0 aromatic carbocycles. The maximum atomic E-state index is 2.35. The molecule has 0 saturated carbocycles. The Hall–Kier alpha value is -0.260. The highest BCUT2D eigenvalue weighted by Crippen LogP contribution is 2.18. The average Bonchev–Trinajstić information content (AvgIpc) is 1.87. The maximum Gasteiger partial charge on any atom is -0.0231 e. The van der Waals surface area contributed by atoms with Crippen LogP contribution in [0.5, 0.6) is 0 Å². The van der Waals surface area contributed by atoms with Crippen LogP contribution < -0.4 is 0 Å². The lowest BCUT2D eigenvalue weighted by atomic mass is 9.93. The van der Waals surface area contributed by atoms with Crippen molar-refractivity contribution in [2.75, 3.05) is 0 Å². The molecule has 0 aliphatic rings. The molecule has 11 heavy (non-hydrogen) atoms. The lowest BCUT2D eigenvalue weighted by Gasteiger charge is -2.13. The molecule has 0 unspecified atom stereocenters. The van der Waals surface area contributed by atoms with Crippen LogP contribution in [-0.4, -0.2) is 0 Å². The zero-order chi connectivity index (χ0) is 8.69. The summed E-state index contributed by atoms with van der Waals surface area (Å²) in [6.45, 7) is 8.97. The van der Waals surface area contributed by atoms with Crippen molar-refractivity contribution < 1.29 is 0 Å². The van der Waals surface area contributed by atoms with Gasteiger partial charge in [0, 0.05) is 0 Å². The molecule has 0 saturated heterocycles. The molecule has 0 rings (SSSR count). The van der Waals surface area contributed by atoms with Gasteiger partial charge in [-0.05, 0) is 31.6 Å². The maximum absolute atomic E-state index is 2.35. The van der Waals surface area contributed by atoms with Crippen LogP contribution in [-0.2, 0) is 0 Å². The fraction of sp³-hybridized carbons (Fsp3) is 0.818. The van der Waals surface area contributed by atoms with Crippen LogP contribution in [0, 0.1) is 11.8 Å². The third kappa shape index (κ3) is 6.15. The third-order valence-corrected chi connectivity index (χ3v) is 1.90. The van der Waals surface area contributed by atoms with Gasteiger partial charge in [-0.15, -0.1) is 0 Å². The molecule has 0 spiro atoms. The molecule has 0 nitrogen and oxygen atoms in total. The summed E-state index contributed by atoms with van der Waals surface area (Å²) in [4.78, 5) is 0. The first kappa shape index (κ1) is 10.7. The van der Waals surface area contributed by atoms with Gasteiger partial charge in [0.15, 0.2) is 0 Å². The summed E-state index contributed by atoms with van der Waals surface area (Å²) in [5, 5.41) is 0. The van der Waals surface area contributed by atoms with Crippen LogP contribution in [0.4, 0.5) is 0 Å². The highest BCUT2D eigenvalue weighted by atomic mass is 14.1. The monoisotopic (exact) mass is 154 g/mol. The Bertz CT molecular complexity index is 101. The standard InChI is InChI=1S/C11H22/c1-5-7-11(8-6-2)9-10(3)4/h5,7,10-11H,6,8-9H2,1-4H3/b7-5+/t11-/m0/s1. The Morgan fingerprint density at radius 1 is 1.27 bits per heavy atom. The fourth-order valence-electron chi connectivity index (χ4n) is 1.54. The van der Waals surface area contributed by atoms with E-state index in [-0.39, 0.29) is 0 Å². The van der Waals surface area contributed by atoms with E-state index in [4.69, 9.17) is 0 Å². The fourth-order valence-corrected chi connectivity index (χ4v) is 1.54. The van der Waals surface area contributed by atoms with Gasteiger partial charge < -0.3 is 0 Å². The molecule has 0 aromatic heterocycles. The Balaban J connectivity index is 3.69. The van der Waals surface area contributed by atoms with Gasteiger partial charge in [0.2, 0.25) is 0 Å². The predicted octanol–water partition coefficient (Wildman–Crippen LogP) is 4.02. The number of allylic oxidation sites excluding steroid dienone is 2. The Labute approximate surface area is 71.7 Å². The highest BCUT2D eigenvalue weighted by Gasteiger charge is 2.04. The zero-order valence-corrected chi connectivity index (χ0v) is 8.43. The van der Waals surface area contributed by atoms with Gasteiger partial charge in [-0.2, -0.15) is 0 Å². The van der Waals surface area contributed by atoms with Gasteiger partial charge in [0.1, 0.15) is 0 Å². The second-order valence-corrected chi connectivity index (χ2v) is 3.70. The Morgan fingerprint density at radius 3 is 2.27 bits per heavy atom. The van der Waals surface area contributed by atoms with Crippen molar-refractivity contribution in [2.24, 2.45) is 11.8 Å². The lowest BCUT2D eigenvalue weighted by molar-refractivity contribution is 0.448. The van der Waals surface area contributed by atoms with E-state index in [2.05, 4.69) is 39.8 Å². The predicted molar refractivity (Wildman–Crippen MR) is 52.7 cm³/mol. The average molecular weight is 154 g/mol. The van der Waals surface area contributed by atoms with Crippen molar-refractivity contribution in [1.29, 1.82) is 0 Å². The molecule has 0 bridgehead atoms. The summed E-state index contributed by atoms with van der Waals surface area (Å²) in [5.74, 6) is 1.66. The molecular weight excluding hydrogens is 132 g/mol. The van der Waals surface area contributed by atoms with Gasteiger partial charge in [0.25, 0.3) is 0 Å². The molecule has 0 aliphatic heterocycles. The van der Waals surface area contributed by atoms with Crippen LogP contribution in [0.1, 0.15) is 47.0 Å². The molecule has 0 aliphatic carbocycles. The molecule has 0 aromatic rings. The van der Waals surface area contributed by atoms with Gasteiger partial charge >= 0.3 is 0 Å². The van der Waals surface area contributed by atoms with E-state index in [1.165, 1.54) is 19.3 Å². The summed E-state index contributed by atoms with van der Waals surface area (Å²) >= 11 is 0. The Morgan fingerprint density at radius 2 is 1.91 bits per heavy atom. The van der Waals surface area contributed by atoms with Gasteiger partial charge in [-0.25, -0.2) is 0 Å². The molecule has 66 valence electrons. The first-order valence-corrected chi connectivity index (χ1v) is 4.83. The topological polar surface area (TPSA) is 0 Å². The van der Waals surface area contributed by atoms with Gasteiger partial charge in [0.05, 0.1) is 0 Å². The minimum Gasteiger partial charge on any atom is -0.0914 e. The van der Waals surface area contributed by atoms with Crippen molar-refractivity contribution in [3.8, 4) is 0 Å². The summed E-state index contributed by atoms with van der Waals surface area (Å²) < 4.78 is 0. The van der Waals surface area contributed by atoms with Crippen molar-refractivity contribution >= 4 is 0 Å². The first-order chi connectivity index (χ1) is 5.20. The molecule has 1 atom stereocenters. The van der Waals surface area contributed by atoms with Gasteiger partial charge in [-0.1, -0.05) is 39.3 Å². The van der Waals surface area contributed by atoms with Gasteiger partial charge in [-0.3, -0.25) is 0 Å². The van der Waals surface area contributed by atoms with Crippen molar-refractivity contribution in [3.63, 3.8) is 0 Å². The normalized spacial score (nSPS) is 14.6. The van der Waals surface area contributed by atoms with Crippen molar-refractivity contribution in [2.45, 2.75) is 47.0 Å². The molecule has 0 fully saturated rings. The minimum atomic E-state index is 0.824. The minimum absolute atomic E-state index is 0.824. The van der Waals surface area contributed by atoms with E-state index < -0.39 is 0 Å². The third-order valence-electron chi connectivity index (χ3n) is 1.90. The molecule has 0 heteroatoms. The van der Waals surface area contributed by atoms with Crippen LogP contribution in [0.2, 0.25) is 0 Å². The van der Waals surface area contributed by atoms with E-state index in [9.17, 15) is 0 Å². The van der Waals surface area contributed by atoms with E-state index in [0.717, 1.165) is 11.8 Å². The second kappa shape index (κ2) is 6.45. The van der Waals surface area contributed by atoms with E-state index >= 15 is 0 Å². The highest BCUT2D eigenvalue weighted by molar-refractivity contribution is 4.85.